The summed E-state index contributed by atoms with van der Waals surface area (Å²) in [6.07, 6.45) is 0.262. The van der Waals surface area contributed by atoms with E-state index in [2.05, 4.69) is 5.32 Å². The molecule has 1 heterocycles. The number of hydrogen-bond donors (Lipinski definition) is 2. The van der Waals surface area contributed by atoms with Crippen LogP contribution in [0, 0.1) is 0 Å². The Bertz CT molecular complexity index is 528. The third-order valence-electron chi connectivity index (χ3n) is 2.89. The van der Waals surface area contributed by atoms with Crippen molar-refractivity contribution in [3.8, 4) is 0 Å². The SMILES string of the molecule is NCCC(=O)c1cccc(N2CC(=O)NCC2=O)c1. The first-order chi connectivity index (χ1) is 9.11. The quantitative estimate of drug-likeness (QED) is 0.727. The van der Waals surface area contributed by atoms with Crippen LogP contribution in [-0.2, 0) is 9.59 Å². The monoisotopic (exact) mass is 261 g/mol. The second-order valence-corrected chi connectivity index (χ2v) is 4.27. The summed E-state index contributed by atoms with van der Waals surface area (Å²) in [5.74, 6) is -0.473. The number of anilines is 1. The van der Waals surface area contributed by atoms with Gasteiger partial charge in [0.2, 0.25) is 11.8 Å². The summed E-state index contributed by atoms with van der Waals surface area (Å²) < 4.78 is 0. The van der Waals surface area contributed by atoms with Gasteiger partial charge in [-0.05, 0) is 18.7 Å². The summed E-state index contributed by atoms with van der Waals surface area (Å²) in [6, 6.07) is 6.69. The highest BCUT2D eigenvalue weighted by Crippen LogP contribution is 2.18. The molecule has 0 aromatic heterocycles. The van der Waals surface area contributed by atoms with Gasteiger partial charge >= 0.3 is 0 Å². The van der Waals surface area contributed by atoms with Crippen molar-refractivity contribution < 1.29 is 14.4 Å². The maximum absolute atomic E-state index is 11.8. The van der Waals surface area contributed by atoms with E-state index in [0.29, 0.717) is 11.3 Å². The Morgan fingerprint density at radius 3 is 2.89 bits per heavy atom. The molecule has 1 aromatic carbocycles. The van der Waals surface area contributed by atoms with Crippen molar-refractivity contribution in [2.24, 2.45) is 5.73 Å². The molecule has 0 saturated carbocycles. The molecule has 6 nitrogen and oxygen atoms in total. The van der Waals surface area contributed by atoms with Crippen molar-refractivity contribution in [2.75, 3.05) is 24.5 Å². The molecule has 0 atom stereocenters. The number of carbonyl (C=O) groups is 3. The number of piperazine rings is 1. The molecule has 1 saturated heterocycles. The van der Waals surface area contributed by atoms with Crippen molar-refractivity contribution in [3.05, 3.63) is 29.8 Å². The standard InChI is InChI=1S/C13H15N3O3/c14-5-4-11(17)9-2-1-3-10(6-9)16-8-12(18)15-7-13(16)19/h1-3,6H,4-5,7-8,14H2,(H,15,18). The Morgan fingerprint density at radius 2 is 2.16 bits per heavy atom. The van der Waals surface area contributed by atoms with Gasteiger partial charge in [-0.1, -0.05) is 12.1 Å². The molecule has 0 aliphatic carbocycles. The average molecular weight is 261 g/mol. The van der Waals surface area contributed by atoms with Gasteiger partial charge in [0.05, 0.1) is 6.54 Å². The lowest BCUT2D eigenvalue weighted by atomic mass is 10.1. The Balaban J connectivity index is 2.24. The van der Waals surface area contributed by atoms with E-state index in [1.807, 2.05) is 0 Å². The Hall–Kier alpha value is -2.21. The zero-order valence-electron chi connectivity index (χ0n) is 10.4. The van der Waals surface area contributed by atoms with Crippen LogP contribution < -0.4 is 16.0 Å². The largest absolute Gasteiger partial charge is 0.345 e. The van der Waals surface area contributed by atoms with E-state index in [-0.39, 0.29) is 43.7 Å². The smallest absolute Gasteiger partial charge is 0.246 e. The highest BCUT2D eigenvalue weighted by Gasteiger charge is 2.24. The summed E-state index contributed by atoms with van der Waals surface area (Å²) in [4.78, 5) is 36.2. The van der Waals surface area contributed by atoms with Crippen molar-refractivity contribution in [2.45, 2.75) is 6.42 Å². The zero-order valence-corrected chi connectivity index (χ0v) is 10.4. The third-order valence-corrected chi connectivity index (χ3v) is 2.89. The lowest BCUT2D eigenvalue weighted by Crippen LogP contribution is -2.51. The van der Waals surface area contributed by atoms with Gasteiger partial charge in [-0.25, -0.2) is 0 Å². The maximum atomic E-state index is 11.8. The summed E-state index contributed by atoms with van der Waals surface area (Å²) in [6.45, 7) is 0.251. The number of Topliss-reactive ketones (excluding diaryl/α,β-unsaturated/α-hetero) is 1. The summed E-state index contributed by atoms with van der Waals surface area (Å²) in [5.41, 5.74) is 6.41. The molecule has 0 unspecified atom stereocenters. The lowest BCUT2D eigenvalue weighted by molar-refractivity contribution is -0.128. The van der Waals surface area contributed by atoms with E-state index < -0.39 is 0 Å². The summed E-state index contributed by atoms with van der Waals surface area (Å²) in [7, 11) is 0. The van der Waals surface area contributed by atoms with Gasteiger partial charge in [-0.15, -0.1) is 0 Å². The molecule has 0 radical (unpaired) electrons. The van der Waals surface area contributed by atoms with E-state index >= 15 is 0 Å². The van der Waals surface area contributed by atoms with Crippen molar-refractivity contribution in [1.82, 2.24) is 5.32 Å². The number of amides is 2. The molecule has 100 valence electrons. The maximum Gasteiger partial charge on any atom is 0.246 e. The minimum Gasteiger partial charge on any atom is -0.345 e. The first-order valence-electron chi connectivity index (χ1n) is 6.02. The number of rotatable bonds is 4. The van der Waals surface area contributed by atoms with E-state index in [1.54, 1.807) is 24.3 Å². The number of carbonyl (C=O) groups excluding carboxylic acids is 3. The van der Waals surface area contributed by atoms with Gasteiger partial charge in [-0.2, -0.15) is 0 Å². The normalized spacial score (nSPS) is 15.3. The molecule has 19 heavy (non-hydrogen) atoms. The lowest BCUT2D eigenvalue weighted by Gasteiger charge is -2.26. The molecule has 2 amide bonds. The molecule has 1 aliphatic heterocycles. The molecule has 0 spiro atoms. The minimum atomic E-state index is -0.210. The predicted octanol–water partition coefficient (Wildman–Crippen LogP) is -0.319. The molecule has 1 aliphatic rings. The molecule has 2 rings (SSSR count). The Kier molecular flexibility index (Phi) is 3.91. The van der Waals surface area contributed by atoms with Crippen molar-refractivity contribution >= 4 is 23.3 Å². The van der Waals surface area contributed by atoms with Gasteiger partial charge in [-0.3, -0.25) is 14.4 Å². The molecule has 1 aromatic rings. The molecule has 1 fully saturated rings. The van der Waals surface area contributed by atoms with Gasteiger partial charge < -0.3 is 16.0 Å². The van der Waals surface area contributed by atoms with E-state index in [1.165, 1.54) is 4.90 Å². The first kappa shape index (κ1) is 13.2. The van der Waals surface area contributed by atoms with E-state index in [9.17, 15) is 14.4 Å². The fourth-order valence-corrected chi connectivity index (χ4v) is 1.92. The van der Waals surface area contributed by atoms with Gasteiger partial charge in [0.15, 0.2) is 5.78 Å². The Labute approximate surface area is 110 Å². The molecule has 0 bridgehead atoms. The van der Waals surface area contributed by atoms with Gasteiger partial charge in [0.25, 0.3) is 0 Å². The van der Waals surface area contributed by atoms with Crippen molar-refractivity contribution in [3.63, 3.8) is 0 Å². The number of nitrogens with one attached hydrogen (secondary N) is 1. The van der Waals surface area contributed by atoms with Crippen LogP contribution in [0.4, 0.5) is 5.69 Å². The van der Waals surface area contributed by atoms with Crippen molar-refractivity contribution in [1.29, 1.82) is 0 Å². The molecular weight excluding hydrogens is 246 g/mol. The number of nitrogens with zero attached hydrogens (tertiary/aromatic N) is 1. The topological polar surface area (TPSA) is 92.5 Å². The van der Waals surface area contributed by atoms with Crippen LogP contribution in [0.5, 0.6) is 0 Å². The number of ketones is 1. The molecule has 6 heteroatoms. The van der Waals surface area contributed by atoms with Gasteiger partial charge in [0.1, 0.15) is 6.54 Å². The highest BCUT2D eigenvalue weighted by molar-refractivity contribution is 6.05. The number of hydrogen-bond acceptors (Lipinski definition) is 4. The summed E-state index contributed by atoms with van der Waals surface area (Å²) in [5, 5.41) is 2.48. The molecule has 3 N–H and O–H groups in total. The van der Waals surface area contributed by atoms with Gasteiger partial charge in [0, 0.05) is 17.7 Å². The van der Waals surface area contributed by atoms with Crippen LogP contribution in [-0.4, -0.2) is 37.2 Å². The second-order valence-electron chi connectivity index (χ2n) is 4.27. The second kappa shape index (κ2) is 5.62. The first-order valence-corrected chi connectivity index (χ1v) is 6.02. The minimum absolute atomic E-state index is 0.0141. The zero-order chi connectivity index (χ0) is 13.8. The fraction of sp³-hybridized carbons (Fsp3) is 0.308. The van der Waals surface area contributed by atoms with Crippen LogP contribution in [0.15, 0.2) is 24.3 Å². The van der Waals surface area contributed by atoms with Crippen LogP contribution >= 0.6 is 0 Å². The van der Waals surface area contributed by atoms with Crippen LogP contribution in [0.3, 0.4) is 0 Å². The van der Waals surface area contributed by atoms with E-state index in [0.717, 1.165) is 0 Å². The van der Waals surface area contributed by atoms with Crippen LogP contribution in [0.25, 0.3) is 0 Å². The third kappa shape index (κ3) is 2.97. The van der Waals surface area contributed by atoms with E-state index in [4.69, 9.17) is 5.73 Å². The number of benzene rings is 1. The fourth-order valence-electron chi connectivity index (χ4n) is 1.92. The van der Waals surface area contributed by atoms with Crippen LogP contribution in [0.2, 0.25) is 0 Å². The summed E-state index contributed by atoms with van der Waals surface area (Å²) >= 11 is 0. The number of nitrogens with two attached hydrogens (primary N) is 1. The van der Waals surface area contributed by atoms with Crippen LogP contribution in [0.1, 0.15) is 16.8 Å². The highest BCUT2D eigenvalue weighted by atomic mass is 16.2. The predicted molar refractivity (Wildman–Crippen MR) is 69.8 cm³/mol. The molecular formula is C13H15N3O3. The average Bonchev–Trinajstić information content (AvgIpc) is 2.42. The Morgan fingerprint density at radius 1 is 1.37 bits per heavy atom.